The van der Waals surface area contributed by atoms with E-state index in [1.54, 1.807) is 24.3 Å². The molecule has 1 fully saturated rings. The molecule has 1 saturated heterocycles. The summed E-state index contributed by atoms with van der Waals surface area (Å²) in [5, 5.41) is 17.8. The normalized spacial score (nSPS) is 27.9. The van der Waals surface area contributed by atoms with Crippen LogP contribution in [-0.2, 0) is 9.53 Å². The molecule has 15 heavy (non-hydrogen) atoms. The number of ether oxygens (including phenoxy) is 1. The second-order valence-electron chi connectivity index (χ2n) is 3.51. The fourth-order valence-corrected chi connectivity index (χ4v) is 0.924. The zero-order valence-electron chi connectivity index (χ0n) is 8.46. The standard InChI is InChI=1S/C11H14O4/c1-11(8-15-11)9(12)6-4-2-3-5-7-10(13)14/h2-7,9,12H,8H2,1H3,(H,13,14)/b3-2-,6-4+,7-5+/t9-,11-/m1/s1. The molecular formula is C11H14O4. The van der Waals surface area contributed by atoms with E-state index in [1.807, 2.05) is 6.92 Å². The third-order valence-electron chi connectivity index (χ3n) is 2.09. The summed E-state index contributed by atoms with van der Waals surface area (Å²) in [5.41, 5.74) is -0.429. The molecule has 82 valence electrons. The predicted molar refractivity (Wildman–Crippen MR) is 55.4 cm³/mol. The molecule has 0 unspecified atom stereocenters. The van der Waals surface area contributed by atoms with Crippen LogP contribution in [0.3, 0.4) is 0 Å². The highest BCUT2D eigenvalue weighted by atomic mass is 16.6. The molecule has 0 amide bonds. The monoisotopic (exact) mass is 210 g/mol. The van der Waals surface area contributed by atoms with E-state index in [4.69, 9.17) is 9.84 Å². The van der Waals surface area contributed by atoms with Gasteiger partial charge in [-0.05, 0) is 6.92 Å². The fourth-order valence-electron chi connectivity index (χ4n) is 0.924. The highest BCUT2D eigenvalue weighted by molar-refractivity contribution is 5.80. The summed E-state index contributed by atoms with van der Waals surface area (Å²) in [4.78, 5) is 10.1. The second-order valence-corrected chi connectivity index (χ2v) is 3.51. The van der Waals surface area contributed by atoms with Gasteiger partial charge in [-0.3, -0.25) is 0 Å². The van der Waals surface area contributed by atoms with Gasteiger partial charge in [0.15, 0.2) is 0 Å². The van der Waals surface area contributed by atoms with Crippen LogP contribution in [0.1, 0.15) is 6.92 Å². The molecular weight excluding hydrogens is 196 g/mol. The van der Waals surface area contributed by atoms with E-state index in [1.165, 1.54) is 6.08 Å². The van der Waals surface area contributed by atoms with E-state index in [0.717, 1.165) is 6.08 Å². The van der Waals surface area contributed by atoms with Gasteiger partial charge in [0.1, 0.15) is 11.7 Å². The van der Waals surface area contributed by atoms with Crippen molar-refractivity contribution in [2.24, 2.45) is 0 Å². The minimum Gasteiger partial charge on any atom is -0.478 e. The fraction of sp³-hybridized carbons (Fsp3) is 0.364. The van der Waals surface area contributed by atoms with Crippen molar-refractivity contribution in [2.75, 3.05) is 6.61 Å². The van der Waals surface area contributed by atoms with Crippen LogP contribution in [0.4, 0.5) is 0 Å². The van der Waals surface area contributed by atoms with Crippen LogP contribution in [0.15, 0.2) is 36.5 Å². The molecule has 2 atom stereocenters. The van der Waals surface area contributed by atoms with Gasteiger partial charge in [0, 0.05) is 6.08 Å². The molecule has 2 N–H and O–H groups in total. The number of hydrogen-bond acceptors (Lipinski definition) is 3. The van der Waals surface area contributed by atoms with Gasteiger partial charge in [0.25, 0.3) is 0 Å². The van der Waals surface area contributed by atoms with Crippen LogP contribution in [0.5, 0.6) is 0 Å². The Morgan fingerprint density at radius 2 is 2.00 bits per heavy atom. The van der Waals surface area contributed by atoms with E-state index in [9.17, 15) is 9.90 Å². The largest absolute Gasteiger partial charge is 0.478 e. The molecule has 0 aromatic heterocycles. The lowest BCUT2D eigenvalue weighted by Crippen LogP contribution is -2.23. The summed E-state index contributed by atoms with van der Waals surface area (Å²) in [6.07, 6.45) is 8.31. The van der Waals surface area contributed by atoms with E-state index in [2.05, 4.69) is 0 Å². The summed E-state index contributed by atoms with van der Waals surface area (Å²) in [6.45, 7) is 2.40. The molecule has 1 aliphatic rings. The molecule has 0 radical (unpaired) electrons. The average molecular weight is 210 g/mol. The van der Waals surface area contributed by atoms with Gasteiger partial charge in [-0.2, -0.15) is 0 Å². The number of aliphatic hydroxyl groups excluding tert-OH is 1. The maximum atomic E-state index is 10.1. The van der Waals surface area contributed by atoms with Gasteiger partial charge < -0.3 is 14.9 Å². The summed E-state index contributed by atoms with van der Waals surface area (Å²) >= 11 is 0. The van der Waals surface area contributed by atoms with Gasteiger partial charge >= 0.3 is 5.97 Å². The Hall–Kier alpha value is -1.39. The van der Waals surface area contributed by atoms with E-state index >= 15 is 0 Å². The number of aliphatic hydroxyl groups is 1. The van der Waals surface area contributed by atoms with Crippen molar-refractivity contribution in [1.82, 2.24) is 0 Å². The van der Waals surface area contributed by atoms with E-state index in [0.29, 0.717) is 6.61 Å². The Morgan fingerprint density at radius 1 is 1.40 bits per heavy atom. The Balaban J connectivity index is 2.29. The topological polar surface area (TPSA) is 70.1 Å². The van der Waals surface area contributed by atoms with Crippen molar-refractivity contribution >= 4 is 5.97 Å². The highest BCUT2D eigenvalue weighted by Crippen LogP contribution is 2.30. The smallest absolute Gasteiger partial charge is 0.328 e. The molecule has 4 heteroatoms. The lowest BCUT2D eigenvalue weighted by atomic mass is 10.1. The first-order valence-corrected chi connectivity index (χ1v) is 4.61. The maximum absolute atomic E-state index is 10.1. The van der Waals surface area contributed by atoms with Gasteiger partial charge in [-0.25, -0.2) is 4.79 Å². The van der Waals surface area contributed by atoms with Crippen molar-refractivity contribution in [3.05, 3.63) is 36.5 Å². The molecule has 0 bridgehead atoms. The predicted octanol–water partition coefficient (Wildman–Crippen LogP) is 0.889. The zero-order valence-corrected chi connectivity index (χ0v) is 8.46. The Kier molecular flexibility index (Phi) is 3.82. The lowest BCUT2D eigenvalue weighted by Gasteiger charge is -2.08. The van der Waals surface area contributed by atoms with Gasteiger partial charge in [-0.15, -0.1) is 0 Å². The first-order valence-electron chi connectivity index (χ1n) is 4.61. The molecule has 0 aromatic rings. The van der Waals surface area contributed by atoms with Crippen LogP contribution < -0.4 is 0 Å². The number of hydrogen-bond donors (Lipinski definition) is 2. The molecule has 1 rings (SSSR count). The van der Waals surface area contributed by atoms with Crippen molar-refractivity contribution in [3.8, 4) is 0 Å². The Morgan fingerprint density at radius 3 is 2.53 bits per heavy atom. The minimum atomic E-state index is -0.984. The zero-order chi connectivity index (χ0) is 11.3. The molecule has 0 aliphatic carbocycles. The number of rotatable bonds is 5. The first-order chi connectivity index (χ1) is 7.04. The quantitative estimate of drug-likeness (QED) is 0.401. The molecule has 0 spiro atoms. The summed E-state index contributed by atoms with van der Waals surface area (Å²) in [7, 11) is 0. The van der Waals surface area contributed by atoms with Crippen molar-refractivity contribution < 1.29 is 19.7 Å². The molecule has 0 aromatic carbocycles. The Bertz CT molecular complexity index is 311. The molecule has 1 heterocycles. The average Bonchev–Trinajstić information content (AvgIpc) is 2.90. The molecule has 1 aliphatic heterocycles. The van der Waals surface area contributed by atoms with E-state index < -0.39 is 17.7 Å². The third-order valence-corrected chi connectivity index (χ3v) is 2.09. The van der Waals surface area contributed by atoms with Crippen LogP contribution in [0, 0.1) is 0 Å². The number of carbonyl (C=O) groups is 1. The number of carboxylic acids is 1. The van der Waals surface area contributed by atoms with Crippen molar-refractivity contribution in [3.63, 3.8) is 0 Å². The minimum absolute atomic E-state index is 0.429. The molecule has 4 nitrogen and oxygen atoms in total. The van der Waals surface area contributed by atoms with Crippen LogP contribution >= 0.6 is 0 Å². The van der Waals surface area contributed by atoms with E-state index in [-0.39, 0.29) is 0 Å². The summed E-state index contributed by atoms with van der Waals surface area (Å²) in [6, 6.07) is 0. The first kappa shape index (κ1) is 11.7. The number of allylic oxidation sites excluding steroid dienone is 4. The highest BCUT2D eigenvalue weighted by Gasteiger charge is 2.45. The second kappa shape index (κ2) is 4.91. The van der Waals surface area contributed by atoms with Crippen LogP contribution in [-0.4, -0.2) is 34.5 Å². The van der Waals surface area contributed by atoms with Gasteiger partial charge in [-0.1, -0.05) is 30.4 Å². The number of epoxide rings is 1. The van der Waals surface area contributed by atoms with Crippen molar-refractivity contribution in [1.29, 1.82) is 0 Å². The SMILES string of the molecule is C[C@]1([C@H](O)/C=C/C=C\C=C\C(=O)O)CO1. The summed E-state index contributed by atoms with van der Waals surface area (Å²) < 4.78 is 5.05. The van der Waals surface area contributed by atoms with Crippen LogP contribution in [0.2, 0.25) is 0 Å². The van der Waals surface area contributed by atoms with Gasteiger partial charge in [0.2, 0.25) is 0 Å². The maximum Gasteiger partial charge on any atom is 0.328 e. The van der Waals surface area contributed by atoms with Crippen molar-refractivity contribution in [2.45, 2.75) is 18.6 Å². The molecule has 0 saturated carbocycles. The summed E-state index contributed by atoms with van der Waals surface area (Å²) in [5.74, 6) is -0.984. The van der Waals surface area contributed by atoms with Gasteiger partial charge in [0.05, 0.1) is 6.61 Å². The van der Waals surface area contributed by atoms with Crippen LogP contribution in [0.25, 0.3) is 0 Å². The lowest BCUT2D eigenvalue weighted by molar-refractivity contribution is -0.131. The number of carboxylic acid groups (broad SMARTS) is 1. The third kappa shape index (κ3) is 4.10. The Labute approximate surface area is 88.2 Å². The number of aliphatic carboxylic acids is 1.